The number of fused-ring (bicyclic) bond motifs is 7. The van der Waals surface area contributed by atoms with Crippen molar-refractivity contribution in [3.63, 3.8) is 0 Å². The Morgan fingerprint density at radius 2 is 1.37 bits per heavy atom. The number of unbranched alkanes of at least 4 members (excludes halogenated alkanes) is 1. The van der Waals surface area contributed by atoms with Crippen molar-refractivity contribution in [3.05, 3.63) is 47.5 Å². The largest absolute Gasteiger partial charge is 0.550 e. The van der Waals surface area contributed by atoms with E-state index in [0.29, 0.717) is 62.3 Å². The van der Waals surface area contributed by atoms with E-state index in [4.69, 9.17) is 15.3 Å². The maximum atomic E-state index is 14.7. The highest BCUT2D eigenvalue weighted by atomic mass is 32.2. The summed E-state index contributed by atoms with van der Waals surface area (Å²) in [6, 6.07) is -6.96. The fraction of sp³-hybridized carbons (Fsp3) is 0.625. The number of nitrogens with one attached hydrogen (secondary N) is 8. The Bertz CT molecular complexity index is 2760. The Labute approximate surface area is 512 Å². The first kappa shape index (κ1) is 68.6. The average Bonchev–Trinajstić information content (AvgIpc) is 1.96. The first-order valence-electron chi connectivity index (χ1n) is 29.4. The zero-order valence-electron chi connectivity index (χ0n) is 49.1. The van der Waals surface area contributed by atoms with Gasteiger partial charge in [0.15, 0.2) is 0 Å². The van der Waals surface area contributed by atoms with Gasteiger partial charge in [-0.1, -0.05) is 25.1 Å². The van der Waals surface area contributed by atoms with E-state index in [-0.39, 0.29) is 74.8 Å². The number of amides is 10. The number of hydrogen-bond acceptors (Lipinski definition) is 19. The molecule has 478 valence electrons. The van der Waals surface area contributed by atoms with Gasteiger partial charge in [0.05, 0.1) is 26.1 Å². The van der Waals surface area contributed by atoms with Crippen molar-refractivity contribution >= 4 is 94.8 Å². The normalized spacial score (nSPS) is 26.7. The van der Waals surface area contributed by atoms with Crippen LogP contribution in [0.5, 0.6) is 5.75 Å². The van der Waals surface area contributed by atoms with Crippen LogP contribution in [0.25, 0.3) is 0 Å². The molecule has 1 aromatic heterocycles. The number of thioether (sulfide) groups is 2. The first-order valence-corrected chi connectivity index (χ1v) is 31.7. The lowest BCUT2D eigenvalue weighted by molar-refractivity contribution is -0.368. The molecule has 0 unspecified atom stereocenters. The fourth-order valence-corrected chi connectivity index (χ4v) is 12.4. The monoisotopic (exact) mass is 1250 g/mol. The predicted octanol–water partition coefficient (Wildman–Crippen LogP) is -3.85. The fourth-order valence-electron chi connectivity index (χ4n) is 10.4. The molecule has 2 aromatic rings. The van der Waals surface area contributed by atoms with E-state index in [1.54, 1.807) is 19.9 Å². The maximum Gasteiger partial charge on any atom is 0.266 e. The highest BCUT2D eigenvalue weighted by molar-refractivity contribution is 7.98. The smallest absolute Gasteiger partial charge is 0.266 e. The van der Waals surface area contributed by atoms with Crippen molar-refractivity contribution in [2.75, 3.05) is 51.0 Å². The summed E-state index contributed by atoms with van der Waals surface area (Å²) >= 11 is 2.45. The molecular formula is C56H82N14O15S2. The van der Waals surface area contributed by atoms with Gasteiger partial charge in [-0.3, -0.25) is 47.9 Å². The summed E-state index contributed by atoms with van der Waals surface area (Å²) in [6.45, 7) is 3.58. The molecule has 0 saturated carbocycles. The molecule has 0 radical (unpaired) electrons. The topological polar surface area (TPSA) is 435 Å². The van der Waals surface area contributed by atoms with Crippen LogP contribution in [0.1, 0.15) is 108 Å². The molecule has 10 amide bonds. The Hall–Kier alpha value is -7.51. The lowest BCUT2D eigenvalue weighted by atomic mass is 10.0. The molecule has 0 spiro atoms. The molecule has 4 bridgehead atoms. The second kappa shape index (κ2) is 34.7. The zero-order chi connectivity index (χ0) is 63.0. The molecule has 9 atom stereocenters. The SMILES string of the molecule is CC(C)[C@@H]1NC(=O)[C@H](CCCC[NH3+])NC(=O)[C@@H]2CCCN2C(=O)[C@@H]2CCCN2C(=O)[C@H](CC(=O)[O-])NC(=O)[C@H](Cc2cnc[nH]2)NC(=O)[C@@H]2CSCc3cc(cc(c3)OCCCCCCO/N=C/C(=O)N[C@@H](CO)C(=O)N2)CSC[C@@H](C(N)=O)NC1=O. The lowest BCUT2D eigenvalue weighted by Crippen LogP contribution is -2.61. The van der Waals surface area contributed by atoms with Crippen molar-refractivity contribution in [1.29, 1.82) is 0 Å². The number of aliphatic hydroxyl groups excluding tert-OH is 1. The van der Waals surface area contributed by atoms with E-state index < -0.39 is 138 Å². The molecule has 2 fully saturated rings. The van der Waals surface area contributed by atoms with Gasteiger partial charge < -0.3 is 88.1 Å². The predicted molar refractivity (Wildman–Crippen MR) is 315 cm³/mol. The van der Waals surface area contributed by atoms with E-state index in [2.05, 4.69) is 58.1 Å². The molecule has 14 N–H and O–H groups in total. The van der Waals surface area contributed by atoms with Crippen molar-refractivity contribution in [1.82, 2.24) is 57.0 Å². The van der Waals surface area contributed by atoms with Crippen molar-refractivity contribution < 1.29 is 78.3 Å². The van der Waals surface area contributed by atoms with E-state index in [1.807, 2.05) is 12.1 Å². The minimum atomic E-state index is -1.85. The number of quaternary nitrogens is 1. The van der Waals surface area contributed by atoms with Gasteiger partial charge in [-0.05, 0) is 99.8 Å². The Morgan fingerprint density at radius 3 is 2.02 bits per heavy atom. The molecule has 87 heavy (non-hydrogen) atoms. The van der Waals surface area contributed by atoms with Gasteiger partial charge in [0.25, 0.3) is 5.91 Å². The number of nitrogens with two attached hydrogens (primary N) is 1. The zero-order valence-corrected chi connectivity index (χ0v) is 50.7. The molecule has 5 heterocycles. The number of rotatable bonds is 11. The van der Waals surface area contributed by atoms with Gasteiger partial charge >= 0.3 is 0 Å². The number of carbonyl (C=O) groups is 11. The Morgan fingerprint density at radius 1 is 0.724 bits per heavy atom. The number of aromatic amines is 1. The number of hydrogen-bond donors (Lipinski definition) is 11. The number of aliphatic hydroxyl groups is 1. The minimum Gasteiger partial charge on any atom is -0.550 e. The number of ether oxygens (including phenoxy) is 1. The molecular weight excluding hydrogens is 1170 g/mol. The molecule has 6 rings (SSSR count). The first-order chi connectivity index (χ1) is 41.8. The number of carbonyl (C=O) groups excluding carboxylic acids is 11. The van der Waals surface area contributed by atoms with E-state index in [9.17, 15) is 63.0 Å². The van der Waals surface area contributed by atoms with E-state index in [0.717, 1.165) is 29.5 Å². The Kier molecular flexibility index (Phi) is 27.4. The molecule has 4 aliphatic heterocycles. The van der Waals surface area contributed by atoms with E-state index in [1.165, 1.54) is 40.9 Å². The van der Waals surface area contributed by atoms with Crippen LogP contribution >= 0.6 is 23.5 Å². The van der Waals surface area contributed by atoms with Gasteiger partial charge in [-0.15, -0.1) is 0 Å². The summed E-state index contributed by atoms with van der Waals surface area (Å²) in [7, 11) is 0. The van der Waals surface area contributed by atoms with Gasteiger partial charge in [-0.25, -0.2) is 4.98 Å². The minimum absolute atomic E-state index is 0.0136. The van der Waals surface area contributed by atoms with Crippen LogP contribution in [-0.4, -0.2) is 201 Å². The summed E-state index contributed by atoms with van der Waals surface area (Å²) < 4.78 is 6.24. The third-order valence-electron chi connectivity index (χ3n) is 15.0. The standard InChI is InChI=1S/C56H82N14O15S2/c1-32(2)47-54(81)66-41(48(58)75)29-86-27-33-19-34-21-36(20-33)84-17-7-3-4-8-18-85-61-25-45(72)62-40(26-71)51(78)67-42(30-87-28-34)52(79)64-38(22-35-24-59-31-60-35)50(77)65-39(23-46(73)74)55(82)70-16-10-13-44(70)56(83)69-15-9-12-43(69)53(80)63-37(49(76)68-47)11-5-6-14-57/h19-21,24-25,31-32,37-44,47,71H,3-18,22-23,26-30,57H2,1-2H3,(H2,58,75)(H,59,60)(H,62,72)(H,63,80)(H,64,79)(H,65,77)(H,66,81)(H,67,78)(H,68,76)(H,73,74)/b61-25+/t37-,38-,39-,40-,41-,42-,43-,44-,47-/m0/s1. The summed E-state index contributed by atoms with van der Waals surface area (Å²) in [5.74, 6) is -9.84. The molecule has 1 aromatic carbocycles. The average molecular weight is 1260 g/mol. The summed E-state index contributed by atoms with van der Waals surface area (Å²) in [5.41, 5.74) is 11.5. The third-order valence-corrected chi connectivity index (χ3v) is 17.2. The van der Waals surface area contributed by atoms with Gasteiger partial charge in [0.1, 0.15) is 72.9 Å². The number of aromatic nitrogens is 2. The Balaban J connectivity index is 1.39. The molecule has 2 saturated heterocycles. The number of benzene rings is 1. The molecule has 31 heteroatoms. The lowest BCUT2D eigenvalue weighted by Gasteiger charge is -2.34. The second-order valence-electron chi connectivity index (χ2n) is 22.1. The van der Waals surface area contributed by atoms with Crippen molar-refractivity contribution in [3.8, 4) is 5.75 Å². The quantitative estimate of drug-likeness (QED) is 0.0960. The maximum absolute atomic E-state index is 14.7. The van der Waals surface area contributed by atoms with Crippen LogP contribution in [-0.2, 0) is 75.5 Å². The van der Waals surface area contributed by atoms with Crippen molar-refractivity contribution in [2.45, 2.75) is 163 Å². The summed E-state index contributed by atoms with van der Waals surface area (Å²) in [6.07, 6.45) is 7.04. The number of H-pyrrole nitrogens is 1. The molecule has 0 aliphatic carbocycles. The number of oxime groups is 1. The molecule has 4 aliphatic rings. The van der Waals surface area contributed by atoms with Crippen LogP contribution in [0.4, 0.5) is 0 Å². The van der Waals surface area contributed by atoms with Crippen LogP contribution in [0.2, 0.25) is 0 Å². The van der Waals surface area contributed by atoms with Crippen LogP contribution in [0.3, 0.4) is 0 Å². The van der Waals surface area contributed by atoms with Gasteiger partial charge in [0, 0.05) is 66.8 Å². The number of nitrogens with zero attached hydrogens (tertiary/aromatic N) is 4. The summed E-state index contributed by atoms with van der Waals surface area (Å²) in [5, 5.41) is 44.6. The van der Waals surface area contributed by atoms with E-state index >= 15 is 0 Å². The number of imidazole rings is 1. The number of carboxylic acid groups (broad SMARTS) is 1. The van der Waals surface area contributed by atoms with Crippen LogP contribution in [0.15, 0.2) is 35.9 Å². The highest BCUT2D eigenvalue weighted by Crippen LogP contribution is 2.28. The van der Waals surface area contributed by atoms with Crippen LogP contribution in [0, 0.1) is 5.92 Å². The molecule has 29 nitrogen and oxygen atoms in total. The highest BCUT2D eigenvalue weighted by Gasteiger charge is 2.45. The van der Waals surface area contributed by atoms with Crippen LogP contribution < -0.4 is 58.5 Å². The number of aliphatic carboxylic acids is 1. The van der Waals surface area contributed by atoms with Gasteiger partial charge in [0.2, 0.25) is 53.2 Å². The van der Waals surface area contributed by atoms with Gasteiger partial charge in [-0.2, -0.15) is 23.5 Å². The second-order valence-corrected chi connectivity index (χ2v) is 24.2. The number of primary amides is 1. The summed E-state index contributed by atoms with van der Waals surface area (Å²) in [4.78, 5) is 168. The number of carboxylic acids is 1. The third kappa shape index (κ3) is 21.1. The van der Waals surface area contributed by atoms with Crippen molar-refractivity contribution in [2.24, 2.45) is 16.8 Å².